The molecule has 1 aromatic heterocycles. The summed E-state index contributed by atoms with van der Waals surface area (Å²) >= 11 is 0. The topological polar surface area (TPSA) is 82.7 Å². The Morgan fingerprint density at radius 2 is 1.92 bits per heavy atom. The van der Waals surface area contributed by atoms with E-state index in [-0.39, 0.29) is 12.5 Å². The minimum absolute atomic E-state index is 0.0721. The molecule has 1 aliphatic heterocycles. The van der Waals surface area contributed by atoms with Crippen LogP contribution >= 0.6 is 0 Å². The third-order valence-electron chi connectivity index (χ3n) is 4.93. The van der Waals surface area contributed by atoms with Crippen molar-refractivity contribution < 1.29 is 14.4 Å². The van der Waals surface area contributed by atoms with Gasteiger partial charge in [0.25, 0.3) is 0 Å². The molecule has 1 aliphatic rings. The first-order valence-corrected chi connectivity index (χ1v) is 9.12. The molecule has 7 heteroatoms. The van der Waals surface area contributed by atoms with E-state index in [1.54, 1.807) is 0 Å². The van der Waals surface area contributed by atoms with E-state index >= 15 is 0 Å². The van der Waals surface area contributed by atoms with Crippen LogP contribution in [0.5, 0.6) is 0 Å². The lowest BCUT2D eigenvalue weighted by Gasteiger charge is -2.36. The minimum Gasteiger partial charge on any atom is -0.481 e. The Labute approximate surface area is 153 Å². The maximum Gasteiger partial charge on any atom is 0.303 e. The van der Waals surface area contributed by atoms with Crippen LogP contribution in [0.3, 0.4) is 0 Å². The van der Waals surface area contributed by atoms with E-state index in [0.29, 0.717) is 18.1 Å². The molecule has 26 heavy (non-hydrogen) atoms. The van der Waals surface area contributed by atoms with Gasteiger partial charge in [0.15, 0.2) is 0 Å². The summed E-state index contributed by atoms with van der Waals surface area (Å²) in [5.41, 5.74) is 2.16. The molecule has 1 aromatic carbocycles. The van der Waals surface area contributed by atoms with Crippen molar-refractivity contribution in [2.75, 3.05) is 32.7 Å². The number of aromatic nitrogens is 2. The first-order valence-electron chi connectivity index (χ1n) is 9.12. The van der Waals surface area contributed by atoms with Crippen molar-refractivity contribution in [2.45, 2.75) is 32.7 Å². The SMILES string of the molecule is Cc1ccc(-c2noc(C(C)N3CCN(CCCC(=O)O)CC3)n2)cc1. The van der Waals surface area contributed by atoms with Crippen molar-refractivity contribution in [1.82, 2.24) is 19.9 Å². The molecule has 2 heterocycles. The highest BCUT2D eigenvalue weighted by atomic mass is 16.5. The van der Waals surface area contributed by atoms with Gasteiger partial charge in [-0.25, -0.2) is 0 Å². The molecule has 140 valence electrons. The standard InChI is InChI=1S/C19H26N4O3/c1-14-5-7-16(8-6-14)18-20-19(26-21-18)15(2)23-12-10-22(11-13-23)9-3-4-17(24)25/h5-8,15H,3-4,9-13H2,1-2H3,(H,24,25). The Hall–Kier alpha value is -2.25. The Kier molecular flexibility index (Phi) is 6.00. The Bertz CT molecular complexity index is 721. The lowest BCUT2D eigenvalue weighted by Crippen LogP contribution is -2.47. The van der Waals surface area contributed by atoms with Crippen LogP contribution in [0.2, 0.25) is 0 Å². The highest BCUT2D eigenvalue weighted by Crippen LogP contribution is 2.23. The molecule has 1 saturated heterocycles. The molecular formula is C19H26N4O3. The number of rotatable bonds is 7. The average Bonchev–Trinajstić information content (AvgIpc) is 3.12. The van der Waals surface area contributed by atoms with Crippen LogP contribution in [0, 0.1) is 6.92 Å². The quantitative estimate of drug-likeness (QED) is 0.814. The minimum atomic E-state index is -0.724. The molecule has 0 amide bonds. The fourth-order valence-corrected chi connectivity index (χ4v) is 3.21. The van der Waals surface area contributed by atoms with Crippen LogP contribution in [-0.2, 0) is 4.79 Å². The predicted octanol–water partition coefficient (Wildman–Crippen LogP) is 2.59. The molecule has 0 bridgehead atoms. The maximum atomic E-state index is 10.6. The molecule has 0 aliphatic carbocycles. The summed E-state index contributed by atoms with van der Waals surface area (Å²) in [5, 5.41) is 12.9. The number of benzene rings is 1. The second kappa shape index (κ2) is 8.42. The molecule has 1 atom stereocenters. The van der Waals surface area contributed by atoms with Crippen LogP contribution in [0.1, 0.15) is 37.3 Å². The predicted molar refractivity (Wildman–Crippen MR) is 97.8 cm³/mol. The molecule has 0 saturated carbocycles. The van der Waals surface area contributed by atoms with E-state index in [4.69, 9.17) is 9.63 Å². The summed E-state index contributed by atoms with van der Waals surface area (Å²) in [6.45, 7) is 8.67. The number of aliphatic carboxylic acids is 1. The normalized spacial score (nSPS) is 17.3. The van der Waals surface area contributed by atoms with Gasteiger partial charge in [0.05, 0.1) is 6.04 Å². The van der Waals surface area contributed by atoms with Crippen molar-refractivity contribution in [3.05, 3.63) is 35.7 Å². The van der Waals surface area contributed by atoms with E-state index < -0.39 is 5.97 Å². The number of carbonyl (C=O) groups is 1. The van der Waals surface area contributed by atoms with E-state index in [2.05, 4.69) is 33.8 Å². The highest BCUT2D eigenvalue weighted by Gasteiger charge is 2.25. The number of aryl methyl sites for hydroxylation is 1. The van der Waals surface area contributed by atoms with Crippen LogP contribution in [0.15, 0.2) is 28.8 Å². The zero-order valence-electron chi connectivity index (χ0n) is 15.4. The Morgan fingerprint density at radius 3 is 2.58 bits per heavy atom. The summed E-state index contributed by atoms with van der Waals surface area (Å²) in [6.07, 6.45) is 0.939. The van der Waals surface area contributed by atoms with Crippen molar-refractivity contribution >= 4 is 5.97 Å². The van der Waals surface area contributed by atoms with Gasteiger partial charge in [0, 0.05) is 38.2 Å². The maximum absolute atomic E-state index is 10.6. The van der Waals surface area contributed by atoms with Gasteiger partial charge in [-0.3, -0.25) is 9.69 Å². The molecule has 3 rings (SSSR count). The van der Waals surface area contributed by atoms with E-state index in [9.17, 15) is 4.79 Å². The summed E-state index contributed by atoms with van der Waals surface area (Å²) in [5.74, 6) is 0.539. The van der Waals surface area contributed by atoms with Gasteiger partial charge >= 0.3 is 5.97 Å². The van der Waals surface area contributed by atoms with Gasteiger partial charge in [-0.15, -0.1) is 0 Å². The molecular weight excluding hydrogens is 332 g/mol. The largest absolute Gasteiger partial charge is 0.481 e. The van der Waals surface area contributed by atoms with Crippen LogP contribution in [-0.4, -0.2) is 63.7 Å². The number of hydrogen-bond donors (Lipinski definition) is 1. The number of nitrogens with zero attached hydrogens (tertiary/aromatic N) is 4. The van der Waals surface area contributed by atoms with Gasteiger partial charge < -0.3 is 14.5 Å². The van der Waals surface area contributed by atoms with E-state index in [0.717, 1.165) is 38.3 Å². The molecule has 1 fully saturated rings. The van der Waals surface area contributed by atoms with Crippen molar-refractivity contribution in [3.63, 3.8) is 0 Å². The number of carboxylic acid groups (broad SMARTS) is 1. The summed E-state index contributed by atoms with van der Waals surface area (Å²) in [6, 6.07) is 8.16. The monoisotopic (exact) mass is 358 g/mol. The smallest absolute Gasteiger partial charge is 0.303 e. The zero-order chi connectivity index (χ0) is 18.5. The molecule has 1 N–H and O–H groups in total. The fourth-order valence-electron chi connectivity index (χ4n) is 3.21. The Morgan fingerprint density at radius 1 is 1.23 bits per heavy atom. The average molecular weight is 358 g/mol. The third kappa shape index (κ3) is 4.68. The molecule has 7 nitrogen and oxygen atoms in total. The van der Waals surface area contributed by atoms with Gasteiger partial charge in [-0.2, -0.15) is 4.98 Å². The van der Waals surface area contributed by atoms with Crippen LogP contribution < -0.4 is 0 Å². The van der Waals surface area contributed by atoms with E-state index in [1.165, 1.54) is 5.56 Å². The second-order valence-corrected chi connectivity index (χ2v) is 6.87. The van der Waals surface area contributed by atoms with Crippen molar-refractivity contribution in [3.8, 4) is 11.4 Å². The van der Waals surface area contributed by atoms with Crippen LogP contribution in [0.25, 0.3) is 11.4 Å². The molecule has 2 aromatic rings. The van der Waals surface area contributed by atoms with Gasteiger partial charge in [-0.05, 0) is 26.8 Å². The molecule has 0 spiro atoms. The van der Waals surface area contributed by atoms with Gasteiger partial charge in [0.1, 0.15) is 0 Å². The van der Waals surface area contributed by atoms with Crippen molar-refractivity contribution in [1.29, 1.82) is 0 Å². The molecule has 0 radical (unpaired) electrons. The summed E-state index contributed by atoms with van der Waals surface area (Å²) in [7, 11) is 0. The molecule has 1 unspecified atom stereocenters. The number of carboxylic acids is 1. The zero-order valence-corrected chi connectivity index (χ0v) is 15.4. The lowest BCUT2D eigenvalue weighted by atomic mass is 10.1. The van der Waals surface area contributed by atoms with Crippen LogP contribution in [0.4, 0.5) is 0 Å². The number of piperazine rings is 1. The summed E-state index contributed by atoms with van der Waals surface area (Å²) in [4.78, 5) is 19.8. The first kappa shape index (κ1) is 18.5. The third-order valence-corrected chi connectivity index (χ3v) is 4.93. The summed E-state index contributed by atoms with van der Waals surface area (Å²) < 4.78 is 5.50. The highest BCUT2D eigenvalue weighted by molar-refractivity contribution is 5.66. The first-order chi connectivity index (χ1) is 12.5. The number of hydrogen-bond acceptors (Lipinski definition) is 6. The van der Waals surface area contributed by atoms with Gasteiger partial charge in [-0.1, -0.05) is 35.0 Å². The fraction of sp³-hybridized carbons (Fsp3) is 0.526. The van der Waals surface area contributed by atoms with E-state index in [1.807, 2.05) is 24.3 Å². The lowest BCUT2D eigenvalue weighted by molar-refractivity contribution is -0.137. The Balaban J connectivity index is 1.53. The second-order valence-electron chi connectivity index (χ2n) is 6.87. The van der Waals surface area contributed by atoms with Gasteiger partial charge in [0.2, 0.25) is 11.7 Å². The van der Waals surface area contributed by atoms with Crippen molar-refractivity contribution in [2.24, 2.45) is 0 Å².